The summed E-state index contributed by atoms with van der Waals surface area (Å²) in [6.45, 7) is 3.50. The molecule has 4 heteroatoms. The van der Waals surface area contributed by atoms with Crippen LogP contribution in [0, 0.1) is 0 Å². The van der Waals surface area contributed by atoms with E-state index in [9.17, 15) is 4.79 Å². The first kappa shape index (κ1) is 11.3. The minimum absolute atomic E-state index is 0.131. The molecular formula is C14H17N3O. The van der Waals surface area contributed by atoms with Crippen LogP contribution in [0.5, 0.6) is 0 Å². The average molecular weight is 243 g/mol. The zero-order valence-electron chi connectivity index (χ0n) is 10.3. The first-order chi connectivity index (χ1) is 8.86. The minimum Gasteiger partial charge on any atom is -0.361 e. The fraction of sp³-hybridized carbons (Fsp3) is 0.357. The first-order valence-electron chi connectivity index (χ1n) is 6.42. The summed E-state index contributed by atoms with van der Waals surface area (Å²) < 4.78 is 0. The van der Waals surface area contributed by atoms with Crippen LogP contribution in [0.25, 0.3) is 10.9 Å². The van der Waals surface area contributed by atoms with E-state index in [0.717, 1.165) is 49.1 Å². The molecule has 0 aliphatic carbocycles. The molecule has 2 N–H and O–H groups in total. The SMILES string of the molecule is O=C(c1cccc2cc[nH]c12)N1CCCNCC1. The van der Waals surface area contributed by atoms with Crippen LogP contribution in [0.1, 0.15) is 16.8 Å². The van der Waals surface area contributed by atoms with Gasteiger partial charge < -0.3 is 15.2 Å². The molecule has 0 unspecified atom stereocenters. The normalized spacial score (nSPS) is 16.8. The van der Waals surface area contributed by atoms with Gasteiger partial charge in [0.2, 0.25) is 0 Å². The van der Waals surface area contributed by atoms with E-state index in [2.05, 4.69) is 10.3 Å². The number of aromatic amines is 1. The van der Waals surface area contributed by atoms with E-state index in [0.29, 0.717) is 0 Å². The van der Waals surface area contributed by atoms with E-state index in [1.54, 1.807) is 0 Å². The summed E-state index contributed by atoms with van der Waals surface area (Å²) in [5.41, 5.74) is 1.72. The highest BCUT2D eigenvalue weighted by atomic mass is 16.2. The minimum atomic E-state index is 0.131. The largest absolute Gasteiger partial charge is 0.361 e. The van der Waals surface area contributed by atoms with Gasteiger partial charge in [0.25, 0.3) is 5.91 Å². The summed E-state index contributed by atoms with van der Waals surface area (Å²) in [6.07, 6.45) is 2.90. The molecule has 1 aromatic carbocycles. The molecule has 1 aromatic heterocycles. The number of benzene rings is 1. The predicted molar refractivity (Wildman–Crippen MR) is 71.7 cm³/mol. The van der Waals surface area contributed by atoms with E-state index in [1.165, 1.54) is 0 Å². The smallest absolute Gasteiger partial charge is 0.256 e. The number of hydrogen-bond acceptors (Lipinski definition) is 2. The van der Waals surface area contributed by atoms with Crippen molar-refractivity contribution in [3.05, 3.63) is 36.0 Å². The Labute approximate surface area is 106 Å². The molecular weight excluding hydrogens is 226 g/mol. The summed E-state index contributed by atoms with van der Waals surface area (Å²) in [5, 5.41) is 4.41. The fourth-order valence-corrected chi connectivity index (χ4v) is 2.48. The third-order valence-corrected chi connectivity index (χ3v) is 3.44. The molecule has 1 fully saturated rings. The van der Waals surface area contributed by atoms with Gasteiger partial charge in [-0.2, -0.15) is 0 Å². The lowest BCUT2D eigenvalue weighted by atomic mass is 10.1. The van der Waals surface area contributed by atoms with E-state index < -0.39 is 0 Å². The number of carbonyl (C=O) groups excluding carboxylic acids is 1. The molecule has 1 aliphatic rings. The first-order valence-corrected chi connectivity index (χ1v) is 6.42. The molecule has 0 bridgehead atoms. The van der Waals surface area contributed by atoms with Gasteiger partial charge in [0, 0.05) is 31.2 Å². The highest BCUT2D eigenvalue weighted by molar-refractivity contribution is 6.05. The molecule has 94 valence electrons. The summed E-state index contributed by atoms with van der Waals surface area (Å²) in [4.78, 5) is 17.6. The van der Waals surface area contributed by atoms with Crippen molar-refractivity contribution in [2.24, 2.45) is 0 Å². The molecule has 18 heavy (non-hydrogen) atoms. The van der Waals surface area contributed by atoms with E-state index >= 15 is 0 Å². The Morgan fingerprint density at radius 1 is 1.17 bits per heavy atom. The van der Waals surface area contributed by atoms with Gasteiger partial charge in [-0.1, -0.05) is 12.1 Å². The van der Waals surface area contributed by atoms with Crippen molar-refractivity contribution in [2.75, 3.05) is 26.2 Å². The third-order valence-electron chi connectivity index (χ3n) is 3.44. The zero-order valence-corrected chi connectivity index (χ0v) is 10.3. The van der Waals surface area contributed by atoms with Gasteiger partial charge in [0.1, 0.15) is 0 Å². The zero-order chi connectivity index (χ0) is 12.4. The second kappa shape index (κ2) is 4.82. The number of nitrogens with zero attached hydrogens (tertiary/aromatic N) is 1. The summed E-state index contributed by atoms with van der Waals surface area (Å²) in [7, 11) is 0. The molecule has 0 saturated carbocycles. The van der Waals surface area contributed by atoms with Crippen LogP contribution in [0.15, 0.2) is 30.5 Å². The van der Waals surface area contributed by atoms with Gasteiger partial charge in [0.05, 0.1) is 11.1 Å². The molecule has 1 aliphatic heterocycles. The summed E-state index contributed by atoms with van der Waals surface area (Å²) in [5.74, 6) is 0.131. The predicted octanol–water partition coefficient (Wildman–Crippen LogP) is 1.60. The molecule has 0 radical (unpaired) electrons. The Balaban J connectivity index is 1.93. The lowest BCUT2D eigenvalue weighted by Gasteiger charge is -2.20. The van der Waals surface area contributed by atoms with Crippen LogP contribution in [0.2, 0.25) is 0 Å². The van der Waals surface area contributed by atoms with Gasteiger partial charge in [0.15, 0.2) is 0 Å². The lowest BCUT2D eigenvalue weighted by Crippen LogP contribution is -2.34. The summed E-state index contributed by atoms with van der Waals surface area (Å²) >= 11 is 0. The highest BCUT2D eigenvalue weighted by Crippen LogP contribution is 2.18. The van der Waals surface area contributed by atoms with Gasteiger partial charge >= 0.3 is 0 Å². The van der Waals surface area contributed by atoms with Crippen molar-refractivity contribution < 1.29 is 4.79 Å². The van der Waals surface area contributed by atoms with E-state index in [4.69, 9.17) is 0 Å². The standard InChI is InChI=1S/C14H17N3O/c18-14(17-9-2-6-15-8-10-17)12-4-1-3-11-5-7-16-13(11)12/h1,3-5,7,15-16H,2,6,8-10H2. The molecule has 0 atom stereocenters. The summed E-state index contributed by atoms with van der Waals surface area (Å²) in [6, 6.07) is 7.86. The number of para-hydroxylation sites is 1. The number of hydrogen-bond donors (Lipinski definition) is 2. The monoisotopic (exact) mass is 243 g/mol. The molecule has 1 saturated heterocycles. The Kier molecular flexibility index (Phi) is 3.02. The lowest BCUT2D eigenvalue weighted by molar-refractivity contribution is 0.0768. The second-order valence-electron chi connectivity index (χ2n) is 4.64. The Morgan fingerprint density at radius 2 is 2.11 bits per heavy atom. The topological polar surface area (TPSA) is 48.1 Å². The van der Waals surface area contributed by atoms with E-state index in [-0.39, 0.29) is 5.91 Å². The average Bonchev–Trinajstić information content (AvgIpc) is 2.71. The fourth-order valence-electron chi connectivity index (χ4n) is 2.48. The van der Waals surface area contributed by atoms with Crippen molar-refractivity contribution in [3.8, 4) is 0 Å². The highest BCUT2D eigenvalue weighted by Gasteiger charge is 2.19. The third kappa shape index (κ3) is 1.99. The van der Waals surface area contributed by atoms with Gasteiger partial charge in [-0.15, -0.1) is 0 Å². The molecule has 2 aromatic rings. The van der Waals surface area contributed by atoms with Crippen molar-refractivity contribution in [2.45, 2.75) is 6.42 Å². The number of fused-ring (bicyclic) bond motifs is 1. The number of amides is 1. The van der Waals surface area contributed by atoms with Crippen LogP contribution in [0.4, 0.5) is 0 Å². The van der Waals surface area contributed by atoms with Gasteiger partial charge in [-0.3, -0.25) is 4.79 Å². The maximum absolute atomic E-state index is 12.5. The van der Waals surface area contributed by atoms with Crippen molar-refractivity contribution in [3.63, 3.8) is 0 Å². The molecule has 0 spiro atoms. The van der Waals surface area contributed by atoms with Crippen molar-refractivity contribution >= 4 is 16.8 Å². The van der Waals surface area contributed by atoms with Crippen LogP contribution >= 0.6 is 0 Å². The van der Waals surface area contributed by atoms with Crippen LogP contribution in [0.3, 0.4) is 0 Å². The number of carbonyl (C=O) groups is 1. The maximum Gasteiger partial charge on any atom is 0.256 e. The van der Waals surface area contributed by atoms with Crippen LogP contribution in [-0.2, 0) is 0 Å². The molecule has 4 nitrogen and oxygen atoms in total. The Morgan fingerprint density at radius 3 is 3.06 bits per heavy atom. The Bertz CT molecular complexity index is 553. The van der Waals surface area contributed by atoms with Crippen LogP contribution < -0.4 is 5.32 Å². The second-order valence-corrected chi connectivity index (χ2v) is 4.64. The van der Waals surface area contributed by atoms with Crippen LogP contribution in [-0.4, -0.2) is 42.0 Å². The molecule has 2 heterocycles. The van der Waals surface area contributed by atoms with Gasteiger partial charge in [-0.05, 0) is 25.1 Å². The van der Waals surface area contributed by atoms with Gasteiger partial charge in [-0.25, -0.2) is 0 Å². The van der Waals surface area contributed by atoms with Crippen molar-refractivity contribution in [1.82, 2.24) is 15.2 Å². The molecule has 1 amide bonds. The Hall–Kier alpha value is -1.81. The number of rotatable bonds is 1. The van der Waals surface area contributed by atoms with E-state index in [1.807, 2.05) is 35.4 Å². The van der Waals surface area contributed by atoms with Crippen molar-refractivity contribution in [1.29, 1.82) is 0 Å². The number of H-pyrrole nitrogens is 1. The maximum atomic E-state index is 12.5. The number of aromatic nitrogens is 1. The quantitative estimate of drug-likeness (QED) is 0.799. The number of nitrogens with one attached hydrogen (secondary N) is 2. The molecule has 3 rings (SSSR count).